The normalized spacial score (nSPS) is 13.9. The van der Waals surface area contributed by atoms with Gasteiger partial charge in [0.25, 0.3) is 5.69 Å². The van der Waals surface area contributed by atoms with Crippen LogP contribution in [0.3, 0.4) is 0 Å². The van der Waals surface area contributed by atoms with Crippen molar-refractivity contribution >= 4 is 36.9 Å². The maximum Gasteiger partial charge on any atom is 0.523 e. The Bertz CT molecular complexity index is 909. The van der Waals surface area contributed by atoms with E-state index in [2.05, 4.69) is 3.63 Å². The molecule has 0 amide bonds. The number of nitrogens with zero attached hydrogens (tertiary/aromatic N) is 1. The second kappa shape index (κ2) is 5.90. The third kappa shape index (κ3) is 3.32. The summed E-state index contributed by atoms with van der Waals surface area (Å²) < 4.78 is 64.8. The highest BCUT2D eigenvalue weighted by Crippen LogP contribution is 2.56. The Balaban J connectivity index is 2.64. The van der Waals surface area contributed by atoms with E-state index >= 15 is 0 Å². The summed E-state index contributed by atoms with van der Waals surface area (Å²) in [4.78, 5) is 10.6. The van der Waals surface area contributed by atoms with Crippen molar-refractivity contribution in [3.8, 4) is 0 Å². The van der Waals surface area contributed by atoms with E-state index in [9.17, 15) is 31.7 Å². The number of halogens is 3. The Morgan fingerprint density at radius 3 is 2.08 bits per heavy atom. The van der Waals surface area contributed by atoms with Gasteiger partial charge in [0.2, 0.25) is 0 Å². The fourth-order valence-corrected chi connectivity index (χ4v) is 5.64. The summed E-state index contributed by atoms with van der Waals surface area (Å²) in [6.07, 6.45) is 2.45. The summed E-state index contributed by atoms with van der Waals surface area (Å²) in [5.74, 6) is 0. The molecule has 0 bridgehead atoms. The standard InChI is InChI=1S/C13H12F3NO5S2/c1-23(2,22-24(20,21)13(14,15)16)12-8-7-11(17(18)19)9-5-3-4-6-10(9)12/h3-8H,1-2H3. The predicted molar refractivity (Wildman–Crippen MR) is 84.4 cm³/mol. The lowest BCUT2D eigenvalue weighted by atomic mass is 10.1. The van der Waals surface area contributed by atoms with Crippen LogP contribution >= 0.6 is 10.3 Å². The molecule has 0 atom stereocenters. The third-order valence-electron chi connectivity index (χ3n) is 3.13. The quantitative estimate of drug-likeness (QED) is 0.453. The number of rotatable bonds is 4. The lowest BCUT2D eigenvalue weighted by Crippen LogP contribution is -2.26. The number of hydrogen-bond acceptors (Lipinski definition) is 5. The van der Waals surface area contributed by atoms with Crippen molar-refractivity contribution in [2.45, 2.75) is 10.4 Å². The van der Waals surface area contributed by atoms with Crippen LogP contribution in [0.1, 0.15) is 0 Å². The van der Waals surface area contributed by atoms with Crippen molar-refractivity contribution < 1.29 is 30.1 Å². The highest BCUT2D eigenvalue weighted by molar-refractivity contribution is 8.32. The first-order chi connectivity index (χ1) is 10.9. The summed E-state index contributed by atoms with van der Waals surface area (Å²) in [6, 6.07) is 8.33. The molecule has 132 valence electrons. The monoisotopic (exact) mass is 383 g/mol. The number of benzene rings is 2. The summed E-state index contributed by atoms with van der Waals surface area (Å²) in [5, 5.41) is 11.5. The molecular formula is C13H12F3NO5S2. The van der Waals surface area contributed by atoms with E-state index in [1.165, 1.54) is 36.8 Å². The predicted octanol–water partition coefficient (Wildman–Crippen LogP) is 3.95. The number of nitro groups is 1. The first-order valence-corrected chi connectivity index (χ1v) is 10.1. The number of hydrogen-bond donors (Lipinski definition) is 0. The van der Waals surface area contributed by atoms with Crippen molar-refractivity contribution in [3.05, 3.63) is 46.5 Å². The van der Waals surface area contributed by atoms with Crippen molar-refractivity contribution in [1.82, 2.24) is 0 Å². The lowest BCUT2D eigenvalue weighted by Gasteiger charge is -2.31. The van der Waals surface area contributed by atoms with Gasteiger partial charge in [-0.05, 0) is 24.6 Å². The van der Waals surface area contributed by atoms with Gasteiger partial charge >= 0.3 is 15.6 Å². The molecule has 0 heterocycles. The molecule has 2 aromatic carbocycles. The second-order valence-corrected chi connectivity index (χ2v) is 9.91. The van der Waals surface area contributed by atoms with E-state index < -0.39 is 30.9 Å². The fourth-order valence-electron chi connectivity index (χ4n) is 2.14. The van der Waals surface area contributed by atoms with Crippen LogP contribution in [-0.4, -0.2) is 31.4 Å². The van der Waals surface area contributed by atoms with Gasteiger partial charge in [-0.1, -0.05) is 28.5 Å². The molecule has 6 nitrogen and oxygen atoms in total. The molecule has 0 fully saturated rings. The van der Waals surface area contributed by atoms with Gasteiger partial charge < -0.3 is 0 Å². The van der Waals surface area contributed by atoms with Gasteiger partial charge in [-0.25, -0.2) is 3.63 Å². The van der Waals surface area contributed by atoms with E-state index in [1.807, 2.05) is 0 Å². The molecule has 0 spiro atoms. The maximum atomic E-state index is 12.6. The summed E-state index contributed by atoms with van der Waals surface area (Å²) >= 11 is 0. The summed E-state index contributed by atoms with van der Waals surface area (Å²) in [5.41, 5.74) is -5.78. The lowest BCUT2D eigenvalue weighted by molar-refractivity contribution is -0.383. The fraction of sp³-hybridized carbons (Fsp3) is 0.231. The van der Waals surface area contributed by atoms with Crippen molar-refractivity contribution in [1.29, 1.82) is 0 Å². The molecule has 2 rings (SSSR count). The number of alkyl halides is 3. The molecule has 0 aliphatic heterocycles. The molecule has 0 aliphatic carbocycles. The molecule has 0 unspecified atom stereocenters. The van der Waals surface area contributed by atoms with E-state index in [0.717, 1.165) is 6.07 Å². The van der Waals surface area contributed by atoms with E-state index in [-0.39, 0.29) is 21.4 Å². The highest BCUT2D eigenvalue weighted by atomic mass is 32.3. The minimum atomic E-state index is -5.80. The average Bonchev–Trinajstić information content (AvgIpc) is 2.43. The van der Waals surface area contributed by atoms with E-state index in [1.54, 1.807) is 6.07 Å². The molecule has 0 radical (unpaired) electrons. The first kappa shape index (κ1) is 18.5. The van der Waals surface area contributed by atoms with E-state index in [0.29, 0.717) is 0 Å². The summed E-state index contributed by atoms with van der Waals surface area (Å²) in [6.45, 7) is 0. The molecule has 0 saturated heterocycles. The molecule has 24 heavy (non-hydrogen) atoms. The zero-order chi connectivity index (χ0) is 18.3. The minimum Gasteiger partial charge on any atom is -0.258 e. The molecule has 0 aliphatic rings. The van der Waals surface area contributed by atoms with Gasteiger partial charge in [0.05, 0.1) is 10.3 Å². The molecule has 2 aromatic rings. The van der Waals surface area contributed by atoms with Gasteiger partial charge in [-0.3, -0.25) is 10.1 Å². The Morgan fingerprint density at radius 2 is 1.58 bits per heavy atom. The molecule has 11 heteroatoms. The molecular weight excluding hydrogens is 371 g/mol. The number of fused-ring (bicyclic) bond motifs is 1. The number of non-ortho nitro benzene ring substituents is 1. The van der Waals surface area contributed by atoms with Gasteiger partial charge in [0.1, 0.15) is 0 Å². The molecule has 0 N–H and O–H groups in total. The van der Waals surface area contributed by atoms with Crippen LogP contribution in [0.2, 0.25) is 0 Å². The van der Waals surface area contributed by atoms with Crippen LogP contribution < -0.4 is 0 Å². The van der Waals surface area contributed by atoms with Crippen molar-refractivity contribution in [2.75, 3.05) is 12.5 Å². The molecule has 0 aromatic heterocycles. The van der Waals surface area contributed by atoms with Gasteiger partial charge in [0, 0.05) is 16.3 Å². The van der Waals surface area contributed by atoms with Crippen LogP contribution in [0.5, 0.6) is 0 Å². The Morgan fingerprint density at radius 1 is 1.04 bits per heavy atom. The summed E-state index contributed by atoms with van der Waals surface area (Å²) in [7, 11) is -8.70. The maximum absolute atomic E-state index is 12.6. The first-order valence-electron chi connectivity index (χ1n) is 6.29. The van der Waals surface area contributed by atoms with Crippen LogP contribution in [0, 0.1) is 10.1 Å². The second-order valence-electron chi connectivity index (χ2n) is 5.09. The topological polar surface area (TPSA) is 86.5 Å². The zero-order valence-electron chi connectivity index (χ0n) is 12.4. The highest BCUT2D eigenvalue weighted by Gasteiger charge is 2.50. The van der Waals surface area contributed by atoms with Crippen molar-refractivity contribution in [3.63, 3.8) is 0 Å². The Kier molecular flexibility index (Phi) is 4.55. The van der Waals surface area contributed by atoms with Crippen molar-refractivity contribution in [2.24, 2.45) is 0 Å². The van der Waals surface area contributed by atoms with Crippen LogP contribution in [0.4, 0.5) is 18.9 Å². The smallest absolute Gasteiger partial charge is 0.258 e. The molecule has 0 saturated carbocycles. The van der Waals surface area contributed by atoms with Gasteiger partial charge in [-0.15, -0.1) is 0 Å². The van der Waals surface area contributed by atoms with Crippen LogP contribution in [0.15, 0.2) is 41.3 Å². The van der Waals surface area contributed by atoms with Gasteiger partial charge in [-0.2, -0.15) is 21.6 Å². The van der Waals surface area contributed by atoms with Gasteiger partial charge in [0.15, 0.2) is 0 Å². The Labute approximate surface area is 137 Å². The minimum absolute atomic E-state index is 0.163. The Hall–Kier alpha value is -1.85. The number of nitro benzene ring substituents is 1. The largest absolute Gasteiger partial charge is 0.523 e. The average molecular weight is 383 g/mol. The SMILES string of the molecule is CS(C)(OS(=O)(=O)C(F)(F)F)c1ccc([N+](=O)[O-])c2ccccc12. The van der Waals surface area contributed by atoms with Crippen LogP contribution in [0.25, 0.3) is 10.8 Å². The third-order valence-corrected chi connectivity index (χ3v) is 7.19. The van der Waals surface area contributed by atoms with Crippen LogP contribution in [-0.2, 0) is 13.7 Å². The zero-order valence-corrected chi connectivity index (χ0v) is 14.0. The van der Waals surface area contributed by atoms with E-state index in [4.69, 9.17) is 0 Å².